The normalized spacial score (nSPS) is 13.7. The summed E-state index contributed by atoms with van der Waals surface area (Å²) in [6, 6.07) is 8.43. The summed E-state index contributed by atoms with van der Waals surface area (Å²) < 4.78 is 5.88. The zero-order valence-electron chi connectivity index (χ0n) is 19.0. The number of rotatable bonds is 9. The van der Waals surface area contributed by atoms with Gasteiger partial charge < -0.3 is 9.84 Å². The number of nitrogen functional groups attached to an aromatic ring is 1. The standard InChI is InChI=1S/C24H36N2O3S/c1-7-17(8-10-19-13-16(3)22(30-19)23(28)26-25)18-9-11-20(15(2)12-18)29-14-21(27)24(4,5)6/h9,11-13,17,21,27H,7-8,10,14,25H2,1-6H3,(H,26,28). The zero-order valence-corrected chi connectivity index (χ0v) is 19.9. The van der Waals surface area contributed by atoms with E-state index in [1.165, 1.54) is 21.8 Å². The number of carbonyl (C=O) groups excluding carboxylic acids is 1. The molecule has 1 heterocycles. The Morgan fingerprint density at radius 1 is 1.23 bits per heavy atom. The van der Waals surface area contributed by atoms with E-state index in [1.54, 1.807) is 0 Å². The second kappa shape index (κ2) is 10.4. The third-order valence-corrected chi connectivity index (χ3v) is 6.90. The van der Waals surface area contributed by atoms with Gasteiger partial charge in [0.05, 0.1) is 11.0 Å². The third-order valence-electron chi connectivity index (χ3n) is 5.60. The number of ether oxygens (including phenoxy) is 1. The number of carbonyl (C=O) groups is 1. The fourth-order valence-electron chi connectivity index (χ4n) is 3.39. The van der Waals surface area contributed by atoms with Gasteiger partial charge in [0.1, 0.15) is 12.4 Å². The average molecular weight is 433 g/mol. The number of hydrazine groups is 1. The Hall–Kier alpha value is -1.89. The lowest BCUT2D eigenvalue weighted by molar-refractivity contribution is 0.0216. The summed E-state index contributed by atoms with van der Waals surface area (Å²) in [6.07, 6.45) is 2.47. The highest BCUT2D eigenvalue weighted by atomic mass is 32.1. The predicted molar refractivity (Wildman–Crippen MR) is 124 cm³/mol. The van der Waals surface area contributed by atoms with E-state index in [1.807, 2.05) is 33.8 Å². The van der Waals surface area contributed by atoms with Crippen molar-refractivity contribution in [1.82, 2.24) is 5.43 Å². The van der Waals surface area contributed by atoms with Crippen molar-refractivity contribution in [2.75, 3.05) is 6.61 Å². The lowest BCUT2D eigenvalue weighted by atomic mass is 9.89. The Balaban J connectivity index is 2.03. The Morgan fingerprint density at radius 3 is 2.50 bits per heavy atom. The van der Waals surface area contributed by atoms with Crippen LogP contribution in [-0.2, 0) is 6.42 Å². The SMILES string of the molecule is CCC(CCc1cc(C)c(C(=O)NN)s1)c1ccc(OCC(O)C(C)(C)C)c(C)c1. The molecule has 0 spiro atoms. The van der Waals surface area contributed by atoms with E-state index in [-0.39, 0.29) is 17.9 Å². The topological polar surface area (TPSA) is 84.6 Å². The number of aryl methyl sites for hydroxylation is 3. The fraction of sp³-hybridized carbons (Fsp3) is 0.542. The van der Waals surface area contributed by atoms with Gasteiger partial charge in [-0.2, -0.15) is 0 Å². The maximum absolute atomic E-state index is 11.8. The molecular weight excluding hydrogens is 396 g/mol. The summed E-state index contributed by atoms with van der Waals surface area (Å²) in [5, 5.41) is 10.2. The molecule has 0 saturated carbocycles. The molecule has 0 fully saturated rings. The van der Waals surface area contributed by atoms with Gasteiger partial charge in [0.15, 0.2) is 0 Å². The fourth-order valence-corrected chi connectivity index (χ4v) is 4.48. The number of aliphatic hydroxyl groups is 1. The lowest BCUT2D eigenvalue weighted by Gasteiger charge is -2.26. The van der Waals surface area contributed by atoms with E-state index in [2.05, 4.69) is 37.5 Å². The first kappa shape index (κ1) is 24.4. The van der Waals surface area contributed by atoms with Crippen LogP contribution in [0.3, 0.4) is 0 Å². The van der Waals surface area contributed by atoms with E-state index in [0.717, 1.165) is 36.1 Å². The predicted octanol–water partition coefficient (Wildman–Crippen LogP) is 4.88. The molecule has 2 rings (SSSR count). The van der Waals surface area contributed by atoms with Crippen LogP contribution in [-0.4, -0.2) is 23.7 Å². The second-order valence-electron chi connectivity index (χ2n) is 9.06. The summed E-state index contributed by atoms with van der Waals surface area (Å²) in [4.78, 5) is 13.7. The van der Waals surface area contributed by atoms with Crippen LogP contribution in [0.25, 0.3) is 0 Å². The van der Waals surface area contributed by atoms with Crippen molar-refractivity contribution in [3.05, 3.63) is 50.7 Å². The molecule has 1 amide bonds. The van der Waals surface area contributed by atoms with Crippen molar-refractivity contribution in [3.8, 4) is 5.75 Å². The summed E-state index contributed by atoms with van der Waals surface area (Å²) in [7, 11) is 0. The number of amides is 1. The van der Waals surface area contributed by atoms with Crippen LogP contribution < -0.4 is 16.0 Å². The first-order chi connectivity index (χ1) is 14.1. The maximum atomic E-state index is 11.8. The molecule has 5 nitrogen and oxygen atoms in total. The van der Waals surface area contributed by atoms with Gasteiger partial charge in [-0.15, -0.1) is 11.3 Å². The number of aliphatic hydroxyl groups excluding tert-OH is 1. The first-order valence-electron chi connectivity index (χ1n) is 10.6. The molecule has 0 aliphatic heterocycles. The molecule has 2 aromatic rings. The maximum Gasteiger partial charge on any atom is 0.275 e. The Morgan fingerprint density at radius 2 is 1.93 bits per heavy atom. The van der Waals surface area contributed by atoms with E-state index < -0.39 is 6.10 Å². The molecule has 2 unspecified atom stereocenters. The molecule has 166 valence electrons. The third kappa shape index (κ3) is 6.30. The molecule has 0 bridgehead atoms. The minimum Gasteiger partial charge on any atom is -0.491 e. The monoisotopic (exact) mass is 432 g/mol. The van der Waals surface area contributed by atoms with Crippen LogP contribution in [0, 0.1) is 19.3 Å². The molecular formula is C24H36N2O3S. The van der Waals surface area contributed by atoms with E-state index in [0.29, 0.717) is 10.8 Å². The number of hydrogen-bond donors (Lipinski definition) is 3. The van der Waals surface area contributed by atoms with Gasteiger partial charge in [-0.1, -0.05) is 39.8 Å². The van der Waals surface area contributed by atoms with Gasteiger partial charge in [-0.05, 0) is 73.3 Å². The van der Waals surface area contributed by atoms with Crippen LogP contribution >= 0.6 is 11.3 Å². The molecule has 0 aliphatic rings. The number of nitrogens with one attached hydrogen (secondary N) is 1. The number of thiophene rings is 1. The average Bonchev–Trinajstić information content (AvgIpc) is 3.06. The van der Waals surface area contributed by atoms with Crippen LogP contribution in [0.1, 0.15) is 77.7 Å². The van der Waals surface area contributed by atoms with Crippen molar-refractivity contribution >= 4 is 17.2 Å². The van der Waals surface area contributed by atoms with Crippen molar-refractivity contribution in [1.29, 1.82) is 0 Å². The summed E-state index contributed by atoms with van der Waals surface area (Å²) >= 11 is 1.52. The molecule has 0 aliphatic carbocycles. The Labute approximate surface area is 184 Å². The van der Waals surface area contributed by atoms with Crippen molar-refractivity contribution in [3.63, 3.8) is 0 Å². The Kier molecular flexibility index (Phi) is 8.47. The van der Waals surface area contributed by atoms with Crippen molar-refractivity contribution < 1.29 is 14.6 Å². The summed E-state index contributed by atoms with van der Waals surface area (Å²) in [5.41, 5.74) is 5.37. The summed E-state index contributed by atoms with van der Waals surface area (Å²) in [6.45, 7) is 12.5. The first-order valence-corrected chi connectivity index (χ1v) is 11.4. The summed E-state index contributed by atoms with van der Waals surface area (Å²) in [5.74, 6) is 6.31. The van der Waals surface area contributed by atoms with Crippen LogP contribution in [0.15, 0.2) is 24.3 Å². The molecule has 6 heteroatoms. The molecule has 0 radical (unpaired) electrons. The molecule has 1 aromatic heterocycles. The highest BCUT2D eigenvalue weighted by Gasteiger charge is 2.23. The van der Waals surface area contributed by atoms with Crippen molar-refractivity contribution in [2.24, 2.45) is 11.3 Å². The number of benzene rings is 1. The van der Waals surface area contributed by atoms with Crippen LogP contribution in [0.2, 0.25) is 0 Å². The quantitative estimate of drug-likeness (QED) is 0.299. The van der Waals surface area contributed by atoms with Gasteiger partial charge in [0.2, 0.25) is 0 Å². The molecule has 0 saturated heterocycles. The number of nitrogens with two attached hydrogens (primary N) is 1. The van der Waals surface area contributed by atoms with Gasteiger partial charge in [0, 0.05) is 4.88 Å². The van der Waals surface area contributed by atoms with E-state index in [9.17, 15) is 9.90 Å². The van der Waals surface area contributed by atoms with Crippen LogP contribution in [0.4, 0.5) is 0 Å². The molecule has 2 atom stereocenters. The van der Waals surface area contributed by atoms with Crippen LogP contribution in [0.5, 0.6) is 5.75 Å². The largest absolute Gasteiger partial charge is 0.491 e. The highest BCUT2D eigenvalue weighted by molar-refractivity contribution is 7.14. The molecule has 30 heavy (non-hydrogen) atoms. The van der Waals surface area contributed by atoms with Gasteiger partial charge in [0.25, 0.3) is 5.91 Å². The molecule has 1 aromatic carbocycles. The van der Waals surface area contributed by atoms with Gasteiger partial charge in [-0.3, -0.25) is 10.2 Å². The van der Waals surface area contributed by atoms with E-state index in [4.69, 9.17) is 10.6 Å². The van der Waals surface area contributed by atoms with E-state index >= 15 is 0 Å². The van der Waals surface area contributed by atoms with Crippen molar-refractivity contribution in [2.45, 2.75) is 72.8 Å². The number of hydrogen-bond acceptors (Lipinski definition) is 5. The minimum absolute atomic E-state index is 0.202. The second-order valence-corrected chi connectivity index (χ2v) is 10.2. The lowest BCUT2D eigenvalue weighted by Crippen LogP contribution is -2.32. The smallest absolute Gasteiger partial charge is 0.275 e. The molecule has 4 N–H and O–H groups in total. The zero-order chi connectivity index (χ0) is 22.5. The van der Waals surface area contributed by atoms with Gasteiger partial charge >= 0.3 is 0 Å². The van der Waals surface area contributed by atoms with Gasteiger partial charge in [-0.25, -0.2) is 5.84 Å². The Bertz CT molecular complexity index is 855. The highest BCUT2D eigenvalue weighted by Crippen LogP contribution is 2.31. The minimum atomic E-state index is -0.513.